The quantitative estimate of drug-likeness (QED) is 0.774. The minimum Gasteiger partial charge on any atom is -0.492 e. The van der Waals surface area contributed by atoms with Gasteiger partial charge in [0.15, 0.2) is 0 Å². The van der Waals surface area contributed by atoms with Crippen LogP contribution in [0.5, 0.6) is 5.75 Å². The third kappa shape index (κ3) is 4.22. The molecule has 0 N–H and O–H groups in total. The Balaban J connectivity index is 1.78. The molecule has 0 saturated carbocycles. The van der Waals surface area contributed by atoms with E-state index in [1.807, 2.05) is 18.2 Å². The van der Waals surface area contributed by atoms with Crippen LogP contribution in [-0.4, -0.2) is 30.6 Å². The SMILES string of the molecule is CC1CC(C)C(C)N(CCCOc2ccccc2C#N)C1. The van der Waals surface area contributed by atoms with Crippen molar-refractivity contribution < 1.29 is 4.74 Å². The summed E-state index contributed by atoms with van der Waals surface area (Å²) in [6.45, 7) is 9.97. The fourth-order valence-electron chi connectivity index (χ4n) is 3.26. The van der Waals surface area contributed by atoms with Crippen LogP contribution >= 0.6 is 0 Å². The van der Waals surface area contributed by atoms with E-state index in [0.29, 0.717) is 24.0 Å². The van der Waals surface area contributed by atoms with Gasteiger partial charge in [-0.25, -0.2) is 0 Å². The molecule has 114 valence electrons. The molecule has 1 aliphatic heterocycles. The van der Waals surface area contributed by atoms with Crippen LogP contribution in [-0.2, 0) is 0 Å². The highest BCUT2D eigenvalue weighted by Crippen LogP contribution is 2.26. The van der Waals surface area contributed by atoms with Crippen molar-refractivity contribution in [3.05, 3.63) is 29.8 Å². The molecule has 0 aliphatic carbocycles. The number of likely N-dealkylation sites (tertiary alicyclic amines) is 1. The number of hydrogen-bond acceptors (Lipinski definition) is 3. The van der Waals surface area contributed by atoms with E-state index in [9.17, 15) is 0 Å². The van der Waals surface area contributed by atoms with Crippen LogP contribution < -0.4 is 4.74 Å². The molecule has 0 bridgehead atoms. The van der Waals surface area contributed by atoms with Crippen LogP contribution in [0.15, 0.2) is 24.3 Å². The van der Waals surface area contributed by atoms with Gasteiger partial charge in [-0.3, -0.25) is 0 Å². The van der Waals surface area contributed by atoms with Crippen molar-refractivity contribution in [2.75, 3.05) is 19.7 Å². The van der Waals surface area contributed by atoms with E-state index in [0.717, 1.165) is 24.8 Å². The van der Waals surface area contributed by atoms with Crippen LogP contribution in [0.4, 0.5) is 0 Å². The van der Waals surface area contributed by atoms with Gasteiger partial charge >= 0.3 is 0 Å². The van der Waals surface area contributed by atoms with Gasteiger partial charge in [-0.15, -0.1) is 0 Å². The zero-order valence-electron chi connectivity index (χ0n) is 13.4. The molecule has 1 aromatic rings. The summed E-state index contributed by atoms with van der Waals surface area (Å²) in [5, 5.41) is 9.03. The molecule has 0 spiro atoms. The van der Waals surface area contributed by atoms with E-state index in [1.54, 1.807) is 6.07 Å². The molecule has 2 rings (SSSR count). The summed E-state index contributed by atoms with van der Waals surface area (Å²) in [4.78, 5) is 2.58. The van der Waals surface area contributed by atoms with E-state index < -0.39 is 0 Å². The number of benzene rings is 1. The van der Waals surface area contributed by atoms with Gasteiger partial charge in [-0.05, 0) is 43.7 Å². The van der Waals surface area contributed by atoms with Crippen LogP contribution in [0.3, 0.4) is 0 Å². The maximum Gasteiger partial charge on any atom is 0.137 e. The third-order valence-corrected chi connectivity index (χ3v) is 4.57. The second kappa shape index (κ2) is 7.47. The average molecular weight is 286 g/mol. The van der Waals surface area contributed by atoms with Gasteiger partial charge in [-0.2, -0.15) is 5.26 Å². The number of nitrogens with zero attached hydrogens (tertiary/aromatic N) is 2. The second-order valence-corrected chi connectivity index (χ2v) is 6.36. The van der Waals surface area contributed by atoms with Gasteiger partial charge in [0, 0.05) is 19.1 Å². The van der Waals surface area contributed by atoms with Gasteiger partial charge < -0.3 is 9.64 Å². The first-order valence-corrected chi connectivity index (χ1v) is 7.97. The van der Waals surface area contributed by atoms with E-state index in [-0.39, 0.29) is 0 Å². The Hall–Kier alpha value is -1.53. The summed E-state index contributed by atoms with van der Waals surface area (Å²) >= 11 is 0. The lowest BCUT2D eigenvalue weighted by atomic mass is 9.86. The minimum absolute atomic E-state index is 0.617. The highest BCUT2D eigenvalue weighted by molar-refractivity contribution is 5.42. The minimum atomic E-state index is 0.617. The van der Waals surface area contributed by atoms with Crippen molar-refractivity contribution in [2.24, 2.45) is 11.8 Å². The highest BCUT2D eigenvalue weighted by Gasteiger charge is 2.28. The molecule has 1 aromatic carbocycles. The van der Waals surface area contributed by atoms with E-state index in [2.05, 4.69) is 31.7 Å². The van der Waals surface area contributed by atoms with Crippen molar-refractivity contribution in [3.8, 4) is 11.8 Å². The fraction of sp³-hybridized carbons (Fsp3) is 0.611. The molecule has 3 heteroatoms. The number of ether oxygens (including phenoxy) is 1. The lowest BCUT2D eigenvalue weighted by molar-refractivity contribution is 0.0746. The number of rotatable bonds is 5. The van der Waals surface area contributed by atoms with Crippen molar-refractivity contribution in [1.82, 2.24) is 4.90 Å². The number of hydrogen-bond donors (Lipinski definition) is 0. The maximum absolute atomic E-state index is 9.03. The van der Waals surface area contributed by atoms with Crippen LogP contribution in [0.2, 0.25) is 0 Å². The largest absolute Gasteiger partial charge is 0.492 e. The summed E-state index contributed by atoms with van der Waals surface area (Å²) in [6.07, 6.45) is 2.34. The van der Waals surface area contributed by atoms with Crippen LogP contribution in [0.1, 0.15) is 39.2 Å². The van der Waals surface area contributed by atoms with Crippen LogP contribution in [0.25, 0.3) is 0 Å². The van der Waals surface area contributed by atoms with E-state index in [4.69, 9.17) is 10.00 Å². The Morgan fingerprint density at radius 1 is 1.29 bits per heavy atom. The van der Waals surface area contributed by atoms with Gasteiger partial charge in [0.2, 0.25) is 0 Å². The fourth-order valence-corrected chi connectivity index (χ4v) is 3.26. The summed E-state index contributed by atoms with van der Waals surface area (Å²) in [5.41, 5.74) is 0.617. The molecular weight excluding hydrogens is 260 g/mol. The molecule has 0 radical (unpaired) electrons. The average Bonchev–Trinajstić information content (AvgIpc) is 2.48. The third-order valence-electron chi connectivity index (χ3n) is 4.57. The molecule has 1 fully saturated rings. The van der Waals surface area contributed by atoms with Gasteiger partial charge in [0.05, 0.1) is 12.2 Å². The highest BCUT2D eigenvalue weighted by atomic mass is 16.5. The zero-order valence-corrected chi connectivity index (χ0v) is 13.4. The molecule has 1 heterocycles. The van der Waals surface area contributed by atoms with Gasteiger partial charge in [0.25, 0.3) is 0 Å². The summed E-state index contributed by atoms with van der Waals surface area (Å²) in [6, 6.07) is 10.3. The van der Waals surface area contributed by atoms with E-state index in [1.165, 1.54) is 13.0 Å². The number of para-hydroxylation sites is 1. The molecule has 3 unspecified atom stereocenters. The topological polar surface area (TPSA) is 36.3 Å². The lowest BCUT2D eigenvalue weighted by Crippen LogP contribution is -2.46. The molecular formula is C18H26N2O. The molecule has 21 heavy (non-hydrogen) atoms. The first-order chi connectivity index (χ1) is 10.1. The van der Waals surface area contributed by atoms with E-state index >= 15 is 0 Å². The standard InChI is InChI=1S/C18H26N2O/c1-14-11-15(2)16(3)20(13-14)9-6-10-21-18-8-5-4-7-17(18)12-19/h4-5,7-8,14-16H,6,9-11,13H2,1-3H3. The smallest absolute Gasteiger partial charge is 0.137 e. The maximum atomic E-state index is 9.03. The van der Waals surface area contributed by atoms with Gasteiger partial charge in [-0.1, -0.05) is 26.0 Å². The first kappa shape index (κ1) is 15.9. The number of piperidine rings is 1. The van der Waals surface area contributed by atoms with Crippen LogP contribution in [0, 0.1) is 23.2 Å². The first-order valence-electron chi connectivity index (χ1n) is 7.97. The zero-order chi connectivity index (χ0) is 15.2. The van der Waals surface area contributed by atoms with Crippen molar-refractivity contribution >= 4 is 0 Å². The van der Waals surface area contributed by atoms with Crippen molar-refractivity contribution in [1.29, 1.82) is 5.26 Å². The second-order valence-electron chi connectivity index (χ2n) is 6.36. The summed E-state index contributed by atoms with van der Waals surface area (Å²) in [5.74, 6) is 2.26. The van der Waals surface area contributed by atoms with Crippen molar-refractivity contribution in [3.63, 3.8) is 0 Å². The predicted octanol–water partition coefficient (Wildman–Crippen LogP) is 3.69. The number of nitriles is 1. The molecule has 3 nitrogen and oxygen atoms in total. The summed E-state index contributed by atoms with van der Waals surface area (Å²) < 4.78 is 5.76. The molecule has 3 atom stereocenters. The predicted molar refractivity (Wildman–Crippen MR) is 85.2 cm³/mol. The molecule has 1 aliphatic rings. The molecule has 0 aromatic heterocycles. The molecule has 1 saturated heterocycles. The Bertz CT molecular complexity index is 494. The Labute approximate surface area is 128 Å². The summed E-state index contributed by atoms with van der Waals surface area (Å²) in [7, 11) is 0. The normalized spacial score (nSPS) is 26.3. The van der Waals surface area contributed by atoms with Crippen molar-refractivity contribution in [2.45, 2.75) is 39.7 Å². The molecule has 0 amide bonds. The lowest BCUT2D eigenvalue weighted by Gasteiger charge is -2.41. The Morgan fingerprint density at radius 3 is 2.81 bits per heavy atom. The van der Waals surface area contributed by atoms with Gasteiger partial charge in [0.1, 0.15) is 11.8 Å². The monoisotopic (exact) mass is 286 g/mol. The Morgan fingerprint density at radius 2 is 2.05 bits per heavy atom. The Kier molecular flexibility index (Phi) is 5.64.